The van der Waals surface area contributed by atoms with Gasteiger partial charge in [-0.05, 0) is 54.1 Å². The first-order valence-electron chi connectivity index (χ1n) is 8.31. The maximum Gasteiger partial charge on any atom is 0.254 e. The molecule has 5 nitrogen and oxygen atoms in total. The lowest BCUT2D eigenvalue weighted by Gasteiger charge is -2.15. The first kappa shape index (κ1) is 17.5. The van der Waals surface area contributed by atoms with Crippen molar-refractivity contribution in [2.75, 3.05) is 0 Å². The third kappa shape index (κ3) is 2.92. The largest absolute Gasteiger partial charge is 0.365 e. The Hall–Kier alpha value is -3.87. The number of fused-ring (bicyclic) bond motifs is 1. The molecule has 0 unspecified atom stereocenters. The highest BCUT2D eigenvalue weighted by Gasteiger charge is 2.17. The molecule has 0 spiro atoms. The van der Waals surface area contributed by atoms with Crippen molar-refractivity contribution in [3.8, 4) is 16.8 Å². The molecule has 0 radical (unpaired) electrons. The van der Waals surface area contributed by atoms with Crippen LogP contribution in [0.3, 0.4) is 0 Å². The number of rotatable bonds is 3. The fourth-order valence-electron chi connectivity index (χ4n) is 3.09. The third-order valence-electron chi connectivity index (χ3n) is 4.45. The van der Waals surface area contributed by atoms with Gasteiger partial charge in [0.15, 0.2) is 0 Å². The Morgan fingerprint density at radius 1 is 1.00 bits per heavy atom. The van der Waals surface area contributed by atoms with Gasteiger partial charge in [-0.1, -0.05) is 0 Å². The lowest BCUT2D eigenvalue weighted by Crippen LogP contribution is -2.24. The van der Waals surface area contributed by atoms with E-state index in [4.69, 9.17) is 5.73 Å². The van der Waals surface area contributed by atoms with Gasteiger partial charge in [-0.15, -0.1) is 0 Å². The van der Waals surface area contributed by atoms with Gasteiger partial charge in [-0.2, -0.15) is 0 Å². The van der Waals surface area contributed by atoms with Crippen molar-refractivity contribution >= 4 is 16.8 Å². The summed E-state index contributed by atoms with van der Waals surface area (Å²) in [6.07, 6.45) is 4.35. The van der Waals surface area contributed by atoms with E-state index in [9.17, 15) is 18.4 Å². The molecule has 2 aromatic heterocycles. The summed E-state index contributed by atoms with van der Waals surface area (Å²) in [7, 11) is 0. The number of amides is 1. The van der Waals surface area contributed by atoms with Crippen molar-refractivity contribution in [3.05, 3.63) is 94.5 Å². The van der Waals surface area contributed by atoms with Crippen LogP contribution in [0.2, 0.25) is 0 Å². The van der Waals surface area contributed by atoms with Crippen molar-refractivity contribution in [1.82, 2.24) is 9.55 Å². The zero-order valence-electron chi connectivity index (χ0n) is 14.4. The first-order valence-corrected chi connectivity index (χ1v) is 8.31. The Morgan fingerprint density at radius 3 is 2.32 bits per heavy atom. The number of hydrogen-bond donors (Lipinski definition) is 1. The van der Waals surface area contributed by atoms with E-state index >= 15 is 0 Å². The first-order chi connectivity index (χ1) is 13.5. The summed E-state index contributed by atoms with van der Waals surface area (Å²) in [5, 5.41) is -0.00377. The van der Waals surface area contributed by atoms with Crippen LogP contribution in [0, 0.1) is 11.6 Å². The Balaban J connectivity index is 2.11. The Bertz CT molecular complexity index is 1270. The molecular weight excluding hydrogens is 364 g/mol. The quantitative estimate of drug-likeness (QED) is 0.594. The molecule has 0 fully saturated rings. The summed E-state index contributed by atoms with van der Waals surface area (Å²) in [4.78, 5) is 28.3. The van der Waals surface area contributed by atoms with Crippen molar-refractivity contribution in [3.63, 3.8) is 0 Å². The van der Waals surface area contributed by atoms with Gasteiger partial charge in [0.2, 0.25) is 5.43 Å². The standard InChI is InChI=1S/C21H13F2N3O2/c22-13-1-3-14(4-2-13)26-11-17(21(24)28)20(27)16-9-18(23)15(10-19(16)26)12-5-7-25-8-6-12/h1-11H,(H2,24,28). The number of primary amides is 1. The van der Waals surface area contributed by atoms with E-state index in [0.717, 1.165) is 6.07 Å². The van der Waals surface area contributed by atoms with Crippen LogP contribution in [0.5, 0.6) is 0 Å². The normalized spacial score (nSPS) is 10.9. The van der Waals surface area contributed by atoms with Crippen LogP contribution in [-0.4, -0.2) is 15.5 Å². The topological polar surface area (TPSA) is 78.0 Å². The van der Waals surface area contributed by atoms with Gasteiger partial charge in [-0.25, -0.2) is 8.78 Å². The second-order valence-corrected chi connectivity index (χ2v) is 6.17. The molecule has 7 heteroatoms. The molecule has 0 aliphatic carbocycles. The van der Waals surface area contributed by atoms with Crippen molar-refractivity contribution in [2.45, 2.75) is 0 Å². The summed E-state index contributed by atoms with van der Waals surface area (Å²) in [6.45, 7) is 0. The molecule has 0 aliphatic rings. The summed E-state index contributed by atoms with van der Waals surface area (Å²) in [6, 6.07) is 11.3. The molecule has 0 aliphatic heterocycles. The minimum atomic E-state index is -0.929. The molecule has 0 saturated heterocycles. The van der Waals surface area contributed by atoms with E-state index in [1.165, 1.54) is 53.5 Å². The fraction of sp³-hybridized carbons (Fsp3) is 0. The lowest BCUT2D eigenvalue weighted by atomic mass is 10.0. The van der Waals surface area contributed by atoms with Crippen LogP contribution in [0.4, 0.5) is 8.78 Å². The molecule has 2 heterocycles. The van der Waals surface area contributed by atoms with E-state index < -0.39 is 23.0 Å². The molecule has 28 heavy (non-hydrogen) atoms. The van der Waals surface area contributed by atoms with Gasteiger partial charge in [0.1, 0.15) is 17.2 Å². The Labute approximate surface area is 157 Å². The predicted molar refractivity (Wildman–Crippen MR) is 101 cm³/mol. The van der Waals surface area contributed by atoms with Crippen molar-refractivity contribution in [1.29, 1.82) is 0 Å². The minimum absolute atomic E-state index is 0.00377. The average molecular weight is 377 g/mol. The number of halogens is 2. The second kappa shape index (κ2) is 6.70. The number of carbonyl (C=O) groups excluding carboxylic acids is 1. The van der Waals surface area contributed by atoms with Crippen LogP contribution < -0.4 is 11.2 Å². The smallest absolute Gasteiger partial charge is 0.254 e. The Kier molecular flexibility index (Phi) is 4.19. The number of nitrogens with zero attached hydrogens (tertiary/aromatic N) is 2. The van der Waals surface area contributed by atoms with Gasteiger partial charge < -0.3 is 10.3 Å². The molecule has 1 amide bonds. The zero-order chi connectivity index (χ0) is 19.8. The Morgan fingerprint density at radius 2 is 1.68 bits per heavy atom. The van der Waals surface area contributed by atoms with Gasteiger partial charge >= 0.3 is 0 Å². The number of benzene rings is 2. The van der Waals surface area contributed by atoms with Crippen molar-refractivity contribution < 1.29 is 13.6 Å². The maximum atomic E-state index is 14.8. The van der Waals surface area contributed by atoms with Gasteiger partial charge in [0.05, 0.1) is 5.52 Å². The number of carbonyl (C=O) groups is 1. The SMILES string of the molecule is NC(=O)c1cn(-c2ccc(F)cc2)c2cc(-c3ccncc3)c(F)cc2c1=O. The monoisotopic (exact) mass is 377 g/mol. The van der Waals surface area contributed by atoms with Gasteiger partial charge in [0.25, 0.3) is 5.91 Å². The van der Waals surface area contributed by atoms with E-state index in [-0.39, 0.29) is 16.5 Å². The van der Waals surface area contributed by atoms with Crippen LogP contribution in [0.15, 0.2) is 71.9 Å². The summed E-state index contributed by atoms with van der Waals surface area (Å²) >= 11 is 0. The van der Waals surface area contributed by atoms with Crippen LogP contribution in [-0.2, 0) is 0 Å². The molecule has 2 aromatic carbocycles. The number of nitrogens with two attached hydrogens (primary N) is 1. The van der Waals surface area contributed by atoms with Crippen LogP contribution in [0.1, 0.15) is 10.4 Å². The molecule has 138 valence electrons. The van der Waals surface area contributed by atoms with Crippen molar-refractivity contribution in [2.24, 2.45) is 5.73 Å². The fourth-order valence-corrected chi connectivity index (χ4v) is 3.09. The van der Waals surface area contributed by atoms with E-state index in [1.54, 1.807) is 12.1 Å². The summed E-state index contributed by atoms with van der Waals surface area (Å²) < 4.78 is 29.6. The number of pyridine rings is 2. The van der Waals surface area contributed by atoms with Gasteiger partial charge in [-0.3, -0.25) is 14.6 Å². The zero-order valence-corrected chi connectivity index (χ0v) is 14.4. The highest BCUT2D eigenvalue weighted by atomic mass is 19.1. The van der Waals surface area contributed by atoms with Gasteiger partial charge in [0, 0.05) is 35.2 Å². The average Bonchev–Trinajstić information content (AvgIpc) is 2.69. The molecule has 2 N–H and O–H groups in total. The second-order valence-electron chi connectivity index (χ2n) is 6.17. The molecule has 0 atom stereocenters. The minimum Gasteiger partial charge on any atom is -0.365 e. The van der Waals surface area contributed by atoms with E-state index in [2.05, 4.69) is 4.98 Å². The summed E-state index contributed by atoms with van der Waals surface area (Å²) in [5.41, 5.74) is 6.05. The number of aromatic nitrogens is 2. The third-order valence-corrected chi connectivity index (χ3v) is 4.45. The highest BCUT2D eigenvalue weighted by Crippen LogP contribution is 2.28. The highest BCUT2D eigenvalue weighted by molar-refractivity contribution is 5.97. The maximum absolute atomic E-state index is 14.8. The predicted octanol–water partition coefficient (Wildman–Crippen LogP) is 3.43. The molecule has 4 aromatic rings. The molecule has 0 saturated carbocycles. The summed E-state index contributed by atoms with van der Waals surface area (Å²) in [5.74, 6) is -1.99. The molecular formula is C21H13F2N3O2. The van der Waals surface area contributed by atoms with E-state index in [0.29, 0.717) is 16.8 Å². The van der Waals surface area contributed by atoms with E-state index in [1.807, 2.05) is 0 Å². The van der Waals surface area contributed by atoms with Crippen LogP contribution >= 0.6 is 0 Å². The molecule has 4 rings (SSSR count). The number of hydrogen-bond acceptors (Lipinski definition) is 3. The molecule has 0 bridgehead atoms. The lowest BCUT2D eigenvalue weighted by molar-refractivity contribution is 0.0999. The van der Waals surface area contributed by atoms with Crippen LogP contribution in [0.25, 0.3) is 27.7 Å².